The molecule has 0 radical (unpaired) electrons. The molecule has 32 heteroatoms. The van der Waals surface area contributed by atoms with E-state index in [-0.39, 0.29) is 42.3 Å². The van der Waals surface area contributed by atoms with Gasteiger partial charge in [-0.2, -0.15) is 5.10 Å². The number of nitrogens with one attached hydrogen (secondary N) is 6. The van der Waals surface area contributed by atoms with Crippen LogP contribution in [0.2, 0.25) is 0 Å². The first-order valence-electron chi connectivity index (χ1n) is 30.2. The molecule has 3 aromatic carbocycles. The summed E-state index contributed by atoms with van der Waals surface area (Å²) in [6.45, 7) is 2.44. The fraction of sp³-hybridized carbons (Fsp3) is 0.533. The summed E-state index contributed by atoms with van der Waals surface area (Å²) < 4.78 is 16.9. The van der Waals surface area contributed by atoms with E-state index in [1.54, 1.807) is 29.2 Å². The smallest absolute Gasteiger partial charge is 0.261 e. The van der Waals surface area contributed by atoms with Crippen LogP contribution in [0, 0.1) is 5.92 Å². The monoisotopic (exact) mass is 1310 g/mol. The number of benzene rings is 3. The quantitative estimate of drug-likeness (QED) is 0.0146. The van der Waals surface area contributed by atoms with Crippen molar-refractivity contribution in [2.45, 2.75) is 151 Å². The van der Waals surface area contributed by atoms with Crippen LogP contribution in [0.15, 0.2) is 79.1 Å². The second kappa shape index (κ2) is 34.4. The third kappa shape index (κ3) is 19.0. The standard InChI is InChI=1S/C60H82N10O21S/c1-4-5-6-7-20-88-42-15-13-39(14-16-42)70-28-37(25-63-70)35-9-11-36(12-10-35)54(80)64-43-23-40(74)26-62-58(84)52-53(79)32(2)27-69(52)60(86)51(46(77)18-19-61-38(30-71)31-72)67-57(83)50(47(78)21-34-8-17-45(76)48(22-34)89-92-91-90-87)66-56(82)44-24-41(75)29-68(44)59(85)49(33(3)73)65-55(43)81/h8-17,22,25,28,32-33,38,40-41,43-44,46-47,49-53,61,71-79,87H,4-7,18-21,23-24,26-27,29-31H2,1-3H3,(H,62,84)(H,64,80)(H,65,81)(H,66,82)(H,67,83)/t32-,33+,40+,41+,43?,44-,46+,47+,49-,50-,51-,52-,53-/m0/s1. The summed E-state index contributed by atoms with van der Waals surface area (Å²) in [5.41, 5.74) is 2.23. The number of aliphatic hydroxyl groups is 8. The lowest BCUT2D eigenvalue weighted by atomic mass is 9.98. The summed E-state index contributed by atoms with van der Waals surface area (Å²) in [5, 5.41) is 130. The SMILES string of the molecule is CCCCCCOc1ccc(-n2cc(-c3ccc(C(=O)NC4C[C@@H](O)CNC(=O)[C@@H]5[C@@H](O)[C@@H](C)CN5C(=O)[C@H]([C@H](O)CCNC(CO)CO)NC(=O)[C@H]([C@H](O)Cc5ccc(O)c(OSOOO)c5)NC(=O)[C@@H]5C[C@@H](O)CN5C(=O)[C@H]([C@@H](C)O)NC4=O)cc3)cn2)cc1. The van der Waals surface area contributed by atoms with Crippen LogP contribution < -0.4 is 40.8 Å². The van der Waals surface area contributed by atoms with Gasteiger partial charge in [0.15, 0.2) is 11.5 Å². The molecule has 7 rings (SSSR count). The van der Waals surface area contributed by atoms with Gasteiger partial charge in [-0.1, -0.05) is 60.7 Å². The van der Waals surface area contributed by atoms with Crippen LogP contribution >= 0.6 is 12.3 Å². The molecule has 0 bridgehead atoms. The van der Waals surface area contributed by atoms with Crippen LogP contribution in [0.4, 0.5) is 0 Å². The summed E-state index contributed by atoms with van der Waals surface area (Å²) in [6, 6.07) is 4.90. The van der Waals surface area contributed by atoms with Crippen molar-refractivity contribution in [3.05, 3.63) is 90.3 Å². The Hall–Kier alpha value is -7.57. The van der Waals surface area contributed by atoms with E-state index in [2.05, 4.69) is 53.3 Å². The molecule has 31 nitrogen and oxygen atoms in total. The second-order valence-electron chi connectivity index (χ2n) is 23.1. The summed E-state index contributed by atoms with van der Waals surface area (Å²) in [7, 11) is 0. The van der Waals surface area contributed by atoms with Crippen LogP contribution in [-0.4, -0.2) is 237 Å². The molecule has 7 amide bonds. The average molecular weight is 1310 g/mol. The zero-order chi connectivity index (χ0) is 66.8. The maximum atomic E-state index is 15.0. The van der Waals surface area contributed by atoms with E-state index in [1.807, 2.05) is 24.3 Å². The van der Waals surface area contributed by atoms with Gasteiger partial charge in [0.05, 0.1) is 74.4 Å². The van der Waals surface area contributed by atoms with Crippen LogP contribution in [0.1, 0.15) is 81.6 Å². The van der Waals surface area contributed by atoms with E-state index in [0.717, 1.165) is 66.0 Å². The number of phenolic OH excluding ortho intramolecular Hbond substituents is 1. The highest BCUT2D eigenvalue weighted by Gasteiger charge is 2.50. The Morgan fingerprint density at radius 1 is 0.783 bits per heavy atom. The number of aliphatic hydroxyl groups excluding tert-OH is 8. The molecule has 16 N–H and O–H groups in total. The number of amides is 7. The number of carbonyl (C=O) groups excluding carboxylic acids is 7. The lowest BCUT2D eigenvalue weighted by molar-refractivity contribution is -0.433. The van der Waals surface area contributed by atoms with Gasteiger partial charge >= 0.3 is 0 Å². The van der Waals surface area contributed by atoms with Crippen LogP contribution in [-0.2, 0) is 44.6 Å². The maximum absolute atomic E-state index is 15.0. The molecule has 4 heterocycles. The van der Waals surface area contributed by atoms with Crippen LogP contribution in [0.3, 0.4) is 0 Å². The van der Waals surface area contributed by atoms with Gasteiger partial charge in [-0.25, -0.2) is 9.94 Å². The van der Waals surface area contributed by atoms with Crippen molar-refractivity contribution < 1.29 is 103 Å². The number of fused-ring (bicyclic) bond motifs is 2. The zero-order valence-corrected chi connectivity index (χ0v) is 51.7. The van der Waals surface area contributed by atoms with Gasteiger partial charge in [-0.3, -0.25) is 33.6 Å². The predicted molar refractivity (Wildman–Crippen MR) is 325 cm³/mol. The van der Waals surface area contributed by atoms with Crippen molar-refractivity contribution in [1.82, 2.24) is 51.5 Å². The number of hydrogen-bond acceptors (Lipinski definition) is 24. The number of phenols is 1. The van der Waals surface area contributed by atoms with Crippen molar-refractivity contribution in [3.8, 4) is 34.1 Å². The first kappa shape index (κ1) is 71.9. The van der Waals surface area contributed by atoms with Gasteiger partial charge in [-0.15, -0.1) is 0 Å². The summed E-state index contributed by atoms with van der Waals surface area (Å²) in [6.07, 6.45) is -4.91. The molecule has 0 spiro atoms. The van der Waals surface area contributed by atoms with E-state index in [9.17, 15) is 79.5 Å². The van der Waals surface area contributed by atoms with Gasteiger partial charge in [0.1, 0.15) is 42.0 Å². The second-order valence-corrected chi connectivity index (χ2v) is 23.5. The molecule has 1 aromatic heterocycles. The highest BCUT2D eigenvalue weighted by molar-refractivity contribution is 7.90. The largest absolute Gasteiger partial charge is 0.504 e. The van der Waals surface area contributed by atoms with Crippen molar-refractivity contribution in [2.24, 2.45) is 5.92 Å². The Morgan fingerprint density at radius 3 is 2.16 bits per heavy atom. The minimum atomic E-state index is -2.16. The van der Waals surface area contributed by atoms with E-state index < -0.39 is 184 Å². The third-order valence-electron chi connectivity index (χ3n) is 16.1. The minimum Gasteiger partial charge on any atom is -0.504 e. The lowest BCUT2D eigenvalue weighted by Gasteiger charge is -2.34. The van der Waals surface area contributed by atoms with E-state index in [1.165, 1.54) is 25.1 Å². The number of ether oxygens (including phenoxy) is 1. The van der Waals surface area contributed by atoms with Gasteiger partial charge in [0.25, 0.3) is 18.2 Å². The first-order chi connectivity index (χ1) is 44.0. The number of aromatic hydroxyl groups is 1. The Labute approximate surface area is 533 Å². The van der Waals surface area contributed by atoms with Crippen molar-refractivity contribution in [3.63, 3.8) is 0 Å². The molecule has 4 aromatic rings. The van der Waals surface area contributed by atoms with Crippen molar-refractivity contribution >= 4 is 53.7 Å². The van der Waals surface area contributed by atoms with Crippen LogP contribution in [0.5, 0.6) is 17.2 Å². The first-order valence-corrected chi connectivity index (χ1v) is 30.9. The van der Waals surface area contributed by atoms with E-state index >= 15 is 0 Å². The summed E-state index contributed by atoms with van der Waals surface area (Å²) >= 11 is 0.0667. The number of rotatable bonds is 25. The number of β-amino-alcohol motifs (C(OH)–C–C–N with tert-alkyl or cyclic N) is 1. The molecule has 0 aliphatic carbocycles. The molecular formula is C60H82N10O21S. The minimum absolute atomic E-state index is 0.0259. The molecule has 3 aliphatic heterocycles. The zero-order valence-electron chi connectivity index (χ0n) is 50.9. The molecular weight excluding hydrogens is 1230 g/mol. The average Bonchev–Trinajstić information content (AvgIpc) is 1.67. The fourth-order valence-corrected chi connectivity index (χ4v) is 11.2. The fourth-order valence-electron chi connectivity index (χ4n) is 11.0. The highest BCUT2D eigenvalue weighted by Crippen LogP contribution is 2.32. The number of hydrogen-bond donors (Lipinski definition) is 16. The number of unbranched alkanes of at least 4 members (excludes halogenated alkanes) is 3. The molecule has 1 unspecified atom stereocenters. The lowest BCUT2D eigenvalue weighted by Crippen LogP contribution is -2.64. The predicted octanol–water partition coefficient (Wildman–Crippen LogP) is -2.15. The summed E-state index contributed by atoms with van der Waals surface area (Å²) in [4.78, 5) is 104. The number of aromatic nitrogens is 2. The molecule has 3 aliphatic rings. The van der Waals surface area contributed by atoms with Gasteiger partial charge in [-0.05, 0) is 86.0 Å². The van der Waals surface area contributed by atoms with Crippen molar-refractivity contribution in [2.75, 3.05) is 46.0 Å². The van der Waals surface area contributed by atoms with Crippen molar-refractivity contribution in [1.29, 1.82) is 0 Å². The molecule has 0 saturated carbocycles. The summed E-state index contributed by atoms with van der Waals surface area (Å²) in [5.74, 6) is -8.87. The highest BCUT2D eigenvalue weighted by atomic mass is 32.2. The van der Waals surface area contributed by atoms with E-state index in [4.69, 9.17) is 14.2 Å². The molecule has 504 valence electrons. The molecule has 3 saturated heterocycles. The Kier molecular flexibility index (Phi) is 26.8. The third-order valence-corrected chi connectivity index (χ3v) is 16.5. The normalized spacial score (nSPS) is 24.8. The van der Waals surface area contributed by atoms with Gasteiger partial charge < -0.3 is 96.6 Å². The van der Waals surface area contributed by atoms with E-state index in [0.29, 0.717) is 17.7 Å². The maximum Gasteiger partial charge on any atom is 0.261 e. The Balaban J connectivity index is 1.19. The Bertz CT molecular complexity index is 3110. The topological polar surface area (TPSA) is 455 Å². The van der Waals surface area contributed by atoms with Gasteiger partial charge in [0, 0.05) is 62.1 Å². The molecule has 3 fully saturated rings. The van der Waals surface area contributed by atoms with Gasteiger partial charge in [0.2, 0.25) is 35.4 Å². The number of nitrogens with zero attached hydrogens (tertiary/aromatic N) is 4. The molecule has 92 heavy (non-hydrogen) atoms. The van der Waals surface area contributed by atoms with Crippen LogP contribution in [0.25, 0.3) is 16.8 Å². The number of carbonyl (C=O) groups is 7. The molecule has 13 atom stereocenters. The Morgan fingerprint density at radius 2 is 1.48 bits per heavy atom.